The first kappa shape index (κ1) is 15.1. The lowest BCUT2D eigenvalue weighted by atomic mass is 10.2. The Morgan fingerprint density at radius 1 is 1.23 bits per heavy atom. The topological polar surface area (TPSA) is 54.4 Å². The molecule has 0 aliphatic carbocycles. The molecule has 1 aliphatic rings. The zero-order chi connectivity index (χ0) is 15.5. The standard InChI is InChI=1S/C15H9Cl2N3OS/c16-10-5-11(17)7-12(6-10)19-14-13(22-15(21)20-14)4-9-2-1-3-18-8-9/h1-8H,(H,19,20,21)/b13-4-. The summed E-state index contributed by atoms with van der Waals surface area (Å²) in [5.41, 5.74) is 1.46. The number of nitrogens with zero attached hydrogens (tertiary/aromatic N) is 2. The van der Waals surface area contributed by atoms with Crippen molar-refractivity contribution in [2.75, 3.05) is 0 Å². The summed E-state index contributed by atoms with van der Waals surface area (Å²) in [6.07, 6.45) is 5.25. The van der Waals surface area contributed by atoms with Gasteiger partial charge in [-0.1, -0.05) is 29.3 Å². The second-order valence-corrected chi connectivity index (χ2v) is 6.29. The summed E-state index contributed by atoms with van der Waals surface area (Å²) in [5.74, 6) is 0.470. The maximum atomic E-state index is 11.6. The molecule has 0 bridgehead atoms. The summed E-state index contributed by atoms with van der Waals surface area (Å²) in [6, 6.07) is 8.71. The van der Waals surface area contributed by atoms with Crippen molar-refractivity contribution in [3.8, 4) is 0 Å². The number of thioether (sulfide) groups is 1. The zero-order valence-electron chi connectivity index (χ0n) is 11.1. The summed E-state index contributed by atoms with van der Waals surface area (Å²) in [5, 5.41) is 3.51. The number of hydrogen-bond donors (Lipinski definition) is 1. The molecule has 3 rings (SSSR count). The molecule has 2 heterocycles. The third kappa shape index (κ3) is 3.68. The number of amidine groups is 1. The highest BCUT2D eigenvalue weighted by Gasteiger charge is 2.23. The van der Waals surface area contributed by atoms with Gasteiger partial charge in [0.1, 0.15) is 5.84 Å². The third-order valence-electron chi connectivity index (χ3n) is 2.73. The van der Waals surface area contributed by atoms with Gasteiger partial charge < -0.3 is 5.32 Å². The molecule has 22 heavy (non-hydrogen) atoms. The number of pyridine rings is 1. The Hall–Kier alpha value is -1.82. The van der Waals surface area contributed by atoms with E-state index in [1.165, 1.54) is 0 Å². The molecule has 1 fully saturated rings. The van der Waals surface area contributed by atoms with Crippen LogP contribution in [0.3, 0.4) is 0 Å². The molecule has 1 saturated heterocycles. The predicted octanol–water partition coefficient (Wildman–Crippen LogP) is 4.92. The molecular formula is C15H9Cl2N3OS. The van der Waals surface area contributed by atoms with Gasteiger partial charge in [-0.2, -0.15) is 0 Å². The molecule has 0 atom stereocenters. The molecule has 7 heteroatoms. The summed E-state index contributed by atoms with van der Waals surface area (Å²) in [7, 11) is 0. The van der Waals surface area contributed by atoms with Crippen molar-refractivity contribution >= 4 is 57.8 Å². The fraction of sp³-hybridized carbons (Fsp3) is 0. The van der Waals surface area contributed by atoms with E-state index in [9.17, 15) is 4.79 Å². The van der Waals surface area contributed by atoms with Gasteiger partial charge in [-0.05, 0) is 47.7 Å². The lowest BCUT2D eigenvalue weighted by molar-refractivity contribution is 0.265. The first-order valence-electron chi connectivity index (χ1n) is 6.26. The van der Waals surface area contributed by atoms with E-state index in [1.807, 2.05) is 18.2 Å². The van der Waals surface area contributed by atoms with Crippen molar-refractivity contribution < 1.29 is 4.79 Å². The largest absolute Gasteiger partial charge is 0.300 e. The number of nitrogens with one attached hydrogen (secondary N) is 1. The van der Waals surface area contributed by atoms with Gasteiger partial charge >= 0.3 is 0 Å². The molecule has 1 aromatic carbocycles. The first-order valence-corrected chi connectivity index (χ1v) is 7.83. The summed E-state index contributed by atoms with van der Waals surface area (Å²) < 4.78 is 0. The van der Waals surface area contributed by atoms with Gasteiger partial charge in [0.15, 0.2) is 0 Å². The average molecular weight is 350 g/mol. The minimum absolute atomic E-state index is 0.179. The predicted molar refractivity (Wildman–Crippen MR) is 91.9 cm³/mol. The number of amides is 1. The normalized spacial score (nSPS) is 18.0. The molecule has 110 valence electrons. The number of halogens is 2. The second kappa shape index (κ2) is 6.52. The monoisotopic (exact) mass is 349 g/mol. The average Bonchev–Trinajstić information content (AvgIpc) is 2.78. The number of carbonyl (C=O) groups excluding carboxylic acids is 1. The van der Waals surface area contributed by atoms with E-state index in [4.69, 9.17) is 23.2 Å². The van der Waals surface area contributed by atoms with Crippen molar-refractivity contribution in [3.63, 3.8) is 0 Å². The van der Waals surface area contributed by atoms with Gasteiger partial charge in [-0.15, -0.1) is 0 Å². The second-order valence-electron chi connectivity index (χ2n) is 4.40. The van der Waals surface area contributed by atoms with Gasteiger partial charge in [0, 0.05) is 22.4 Å². The Bertz CT molecular complexity index is 770. The SMILES string of the molecule is O=C1NC(=Nc2cc(Cl)cc(Cl)c2)/C(=C/c2cccnc2)S1. The summed E-state index contributed by atoms with van der Waals surface area (Å²) in [6.45, 7) is 0. The van der Waals surface area contributed by atoms with Gasteiger partial charge in [-0.25, -0.2) is 4.99 Å². The first-order chi connectivity index (χ1) is 10.6. The highest BCUT2D eigenvalue weighted by atomic mass is 35.5. The number of rotatable bonds is 2. The Balaban J connectivity index is 1.98. The van der Waals surface area contributed by atoms with Crippen LogP contribution in [0.15, 0.2) is 52.6 Å². The lowest BCUT2D eigenvalue weighted by Gasteiger charge is -2.01. The van der Waals surface area contributed by atoms with Crippen LogP contribution in [0, 0.1) is 0 Å². The van der Waals surface area contributed by atoms with E-state index >= 15 is 0 Å². The smallest absolute Gasteiger partial charge is 0.289 e. The Morgan fingerprint density at radius 2 is 2.00 bits per heavy atom. The number of aromatic nitrogens is 1. The molecule has 0 spiro atoms. The molecule has 0 unspecified atom stereocenters. The van der Waals surface area contributed by atoms with Crippen molar-refractivity contribution in [3.05, 3.63) is 63.2 Å². The highest BCUT2D eigenvalue weighted by molar-refractivity contribution is 8.18. The van der Waals surface area contributed by atoms with Crippen LogP contribution in [0.2, 0.25) is 10.0 Å². The van der Waals surface area contributed by atoms with Crippen molar-refractivity contribution in [1.29, 1.82) is 0 Å². The maximum absolute atomic E-state index is 11.6. The number of carbonyl (C=O) groups is 1. The molecule has 0 saturated carbocycles. The van der Waals surface area contributed by atoms with E-state index in [-0.39, 0.29) is 5.24 Å². The molecular weight excluding hydrogens is 341 g/mol. The minimum Gasteiger partial charge on any atom is -0.300 e. The Labute approximate surface area is 141 Å². The zero-order valence-corrected chi connectivity index (χ0v) is 13.4. The van der Waals surface area contributed by atoms with E-state index in [2.05, 4.69) is 15.3 Å². The molecule has 2 aromatic rings. The molecule has 0 radical (unpaired) electrons. The van der Waals surface area contributed by atoms with Gasteiger partial charge in [0.05, 0.1) is 10.6 Å². The van der Waals surface area contributed by atoms with Crippen molar-refractivity contribution in [1.82, 2.24) is 10.3 Å². The summed E-state index contributed by atoms with van der Waals surface area (Å²) >= 11 is 13.0. The van der Waals surface area contributed by atoms with Gasteiger partial charge in [0.25, 0.3) is 5.24 Å². The molecule has 1 aromatic heterocycles. The lowest BCUT2D eigenvalue weighted by Crippen LogP contribution is -2.18. The number of benzene rings is 1. The van der Waals surface area contributed by atoms with Crippen LogP contribution in [0.5, 0.6) is 0 Å². The third-order valence-corrected chi connectivity index (χ3v) is 3.98. The molecule has 1 aliphatic heterocycles. The van der Waals surface area contributed by atoms with Crippen molar-refractivity contribution in [2.45, 2.75) is 0 Å². The van der Waals surface area contributed by atoms with E-state index in [0.717, 1.165) is 17.3 Å². The Morgan fingerprint density at radius 3 is 2.68 bits per heavy atom. The van der Waals surface area contributed by atoms with Crippen LogP contribution in [-0.4, -0.2) is 16.1 Å². The molecule has 1 N–H and O–H groups in total. The van der Waals surface area contributed by atoms with Crippen LogP contribution >= 0.6 is 35.0 Å². The van der Waals surface area contributed by atoms with Crippen LogP contribution in [0.1, 0.15) is 5.56 Å². The maximum Gasteiger partial charge on any atom is 0.289 e. The van der Waals surface area contributed by atoms with Crippen LogP contribution < -0.4 is 5.32 Å². The van der Waals surface area contributed by atoms with Gasteiger partial charge in [0.2, 0.25) is 0 Å². The molecule has 4 nitrogen and oxygen atoms in total. The van der Waals surface area contributed by atoms with Crippen LogP contribution in [0.25, 0.3) is 6.08 Å². The fourth-order valence-corrected chi connectivity index (χ4v) is 3.11. The highest BCUT2D eigenvalue weighted by Crippen LogP contribution is 2.30. The fourth-order valence-electron chi connectivity index (χ4n) is 1.86. The van der Waals surface area contributed by atoms with E-state index in [1.54, 1.807) is 30.6 Å². The Kier molecular flexibility index (Phi) is 4.47. The number of hydrogen-bond acceptors (Lipinski definition) is 4. The van der Waals surface area contributed by atoms with E-state index in [0.29, 0.717) is 26.5 Å². The van der Waals surface area contributed by atoms with Crippen LogP contribution in [-0.2, 0) is 0 Å². The quantitative estimate of drug-likeness (QED) is 0.837. The minimum atomic E-state index is -0.179. The van der Waals surface area contributed by atoms with E-state index < -0.39 is 0 Å². The number of aliphatic imine (C=N–C) groups is 1. The van der Waals surface area contributed by atoms with Crippen LogP contribution in [0.4, 0.5) is 10.5 Å². The van der Waals surface area contributed by atoms with Crippen molar-refractivity contribution in [2.24, 2.45) is 4.99 Å². The molecule has 1 amide bonds. The van der Waals surface area contributed by atoms with Gasteiger partial charge in [-0.3, -0.25) is 9.78 Å². The summed E-state index contributed by atoms with van der Waals surface area (Å²) in [4.78, 5) is 20.8.